The van der Waals surface area contributed by atoms with Gasteiger partial charge in [-0.2, -0.15) is 0 Å². The first-order valence-electron chi connectivity index (χ1n) is 10.6. The molecule has 142 valence electrons. The third-order valence-corrected chi connectivity index (χ3v) is 7.07. The summed E-state index contributed by atoms with van der Waals surface area (Å²) < 4.78 is 0. The van der Waals surface area contributed by atoms with Crippen LogP contribution in [-0.2, 0) is 12.0 Å². The monoisotopic (exact) mass is 370 g/mol. The van der Waals surface area contributed by atoms with E-state index < -0.39 is 0 Å². The van der Waals surface area contributed by atoms with Crippen molar-refractivity contribution in [3.8, 4) is 10.4 Å². The molecule has 0 saturated heterocycles. The summed E-state index contributed by atoms with van der Waals surface area (Å²) >= 11 is 1.88. The van der Waals surface area contributed by atoms with E-state index >= 15 is 0 Å². The number of thiophene rings is 1. The number of hydrogen-bond acceptors (Lipinski definition) is 2. The van der Waals surface area contributed by atoms with Crippen molar-refractivity contribution in [1.29, 1.82) is 0 Å². The van der Waals surface area contributed by atoms with Gasteiger partial charge in [0.2, 0.25) is 0 Å². The molecule has 0 unspecified atom stereocenters. The Hall–Kier alpha value is -1.12. The quantitative estimate of drug-likeness (QED) is 0.407. The number of benzene rings is 1. The molecule has 0 atom stereocenters. The molecule has 1 aromatic heterocycles. The molecule has 0 fully saturated rings. The minimum absolute atomic E-state index is 0.133. The molecule has 2 heteroatoms. The number of unbranched alkanes of at least 4 members (excludes halogenated alkanes) is 6. The van der Waals surface area contributed by atoms with Gasteiger partial charge >= 0.3 is 0 Å². The maximum absolute atomic E-state index is 9.60. The van der Waals surface area contributed by atoms with Crippen LogP contribution in [-0.4, -0.2) is 5.11 Å². The zero-order valence-corrected chi connectivity index (χ0v) is 17.3. The van der Waals surface area contributed by atoms with Gasteiger partial charge in [0.05, 0.1) is 6.61 Å². The van der Waals surface area contributed by atoms with E-state index in [9.17, 15) is 5.11 Å². The molecule has 26 heavy (non-hydrogen) atoms. The third kappa shape index (κ3) is 3.77. The summed E-state index contributed by atoms with van der Waals surface area (Å²) in [6.07, 6.45) is 13.1. The molecule has 1 aromatic carbocycles. The van der Waals surface area contributed by atoms with Gasteiger partial charge in [0, 0.05) is 10.3 Å². The molecule has 1 aliphatic carbocycles. The van der Waals surface area contributed by atoms with Gasteiger partial charge in [-0.1, -0.05) is 77.3 Å². The molecule has 3 rings (SSSR count). The highest BCUT2D eigenvalue weighted by Crippen LogP contribution is 2.56. The van der Waals surface area contributed by atoms with E-state index in [2.05, 4.69) is 43.5 Å². The van der Waals surface area contributed by atoms with Crippen LogP contribution in [0.2, 0.25) is 0 Å². The number of rotatable bonds is 11. The fraction of sp³-hybridized carbons (Fsp3) is 0.583. The van der Waals surface area contributed by atoms with Crippen LogP contribution in [0, 0.1) is 0 Å². The van der Waals surface area contributed by atoms with E-state index in [4.69, 9.17) is 0 Å². The lowest BCUT2D eigenvalue weighted by atomic mass is 9.71. The summed E-state index contributed by atoms with van der Waals surface area (Å²) in [5, 5.41) is 11.9. The maximum Gasteiger partial charge on any atom is 0.0682 e. The maximum atomic E-state index is 9.60. The molecule has 0 bridgehead atoms. The molecular formula is C24H34OS. The number of aliphatic hydroxyl groups is 1. The summed E-state index contributed by atoms with van der Waals surface area (Å²) in [6, 6.07) is 9.10. The largest absolute Gasteiger partial charge is 0.392 e. The Labute approximate surface area is 163 Å². The first kappa shape index (κ1) is 19.6. The molecule has 0 amide bonds. The van der Waals surface area contributed by atoms with Crippen LogP contribution in [0.4, 0.5) is 0 Å². The van der Waals surface area contributed by atoms with Gasteiger partial charge in [-0.3, -0.25) is 0 Å². The van der Waals surface area contributed by atoms with E-state index in [1.54, 1.807) is 5.56 Å². The van der Waals surface area contributed by atoms with Crippen LogP contribution in [0.5, 0.6) is 0 Å². The van der Waals surface area contributed by atoms with Crippen LogP contribution in [0.25, 0.3) is 10.4 Å². The smallest absolute Gasteiger partial charge is 0.0682 e. The SMILES string of the molecule is CCCCCCC1(CCCCCC)c2ccc(CO)cc2-c2sccc21. The summed E-state index contributed by atoms with van der Waals surface area (Å²) in [7, 11) is 0. The molecule has 0 aliphatic heterocycles. The summed E-state index contributed by atoms with van der Waals surface area (Å²) in [6.45, 7) is 4.71. The molecule has 2 aromatic rings. The normalized spacial score (nSPS) is 14.4. The van der Waals surface area contributed by atoms with Crippen LogP contribution in [0.15, 0.2) is 29.6 Å². The first-order chi connectivity index (χ1) is 12.8. The van der Waals surface area contributed by atoms with E-state index in [-0.39, 0.29) is 12.0 Å². The Morgan fingerprint density at radius 1 is 0.846 bits per heavy atom. The van der Waals surface area contributed by atoms with E-state index in [0.717, 1.165) is 5.56 Å². The Balaban J connectivity index is 1.94. The highest BCUT2D eigenvalue weighted by molar-refractivity contribution is 7.14. The van der Waals surface area contributed by atoms with Gasteiger partial charge in [-0.25, -0.2) is 0 Å². The van der Waals surface area contributed by atoms with Crippen molar-refractivity contribution in [3.05, 3.63) is 46.3 Å². The van der Waals surface area contributed by atoms with Crippen molar-refractivity contribution in [1.82, 2.24) is 0 Å². The minimum atomic E-state index is 0.133. The van der Waals surface area contributed by atoms with Crippen molar-refractivity contribution in [2.45, 2.75) is 90.1 Å². The molecule has 1 heterocycles. The van der Waals surface area contributed by atoms with Crippen molar-refractivity contribution in [3.63, 3.8) is 0 Å². The first-order valence-corrected chi connectivity index (χ1v) is 11.5. The number of aliphatic hydroxyl groups excluding tert-OH is 1. The van der Waals surface area contributed by atoms with Gasteiger partial charge in [-0.15, -0.1) is 11.3 Å². The predicted molar refractivity (Wildman–Crippen MR) is 114 cm³/mol. The molecule has 0 saturated carbocycles. The second kappa shape index (κ2) is 9.19. The Kier molecular flexibility index (Phi) is 6.94. The van der Waals surface area contributed by atoms with Gasteiger partial charge in [-0.05, 0) is 52.6 Å². The Bertz CT molecular complexity index is 688. The lowest BCUT2D eigenvalue weighted by Gasteiger charge is -2.32. The van der Waals surface area contributed by atoms with E-state index in [1.165, 1.54) is 80.2 Å². The second-order valence-electron chi connectivity index (χ2n) is 7.90. The van der Waals surface area contributed by atoms with Gasteiger partial charge in [0.1, 0.15) is 0 Å². The van der Waals surface area contributed by atoms with Crippen LogP contribution in [0.1, 0.15) is 94.7 Å². The average Bonchev–Trinajstić information content (AvgIpc) is 3.24. The molecule has 1 nitrogen and oxygen atoms in total. The number of fused-ring (bicyclic) bond motifs is 3. The average molecular weight is 371 g/mol. The summed E-state index contributed by atoms with van der Waals surface area (Å²) in [4.78, 5) is 1.46. The van der Waals surface area contributed by atoms with Gasteiger partial charge in [0.15, 0.2) is 0 Å². The molecule has 0 spiro atoms. The standard InChI is InChI=1S/C24H34OS/c1-3-5-7-9-14-24(15-10-8-6-4-2)21-12-11-19(18-25)17-20(21)23-22(24)13-16-26-23/h11-13,16-17,25H,3-10,14-15,18H2,1-2H3. The van der Waals surface area contributed by atoms with Crippen molar-refractivity contribution < 1.29 is 5.11 Å². The Morgan fingerprint density at radius 3 is 2.15 bits per heavy atom. The van der Waals surface area contributed by atoms with Crippen molar-refractivity contribution >= 4 is 11.3 Å². The van der Waals surface area contributed by atoms with Crippen LogP contribution in [0.3, 0.4) is 0 Å². The van der Waals surface area contributed by atoms with Crippen LogP contribution >= 0.6 is 11.3 Å². The van der Waals surface area contributed by atoms with E-state index in [0.29, 0.717) is 0 Å². The topological polar surface area (TPSA) is 20.2 Å². The summed E-state index contributed by atoms with van der Waals surface area (Å²) in [5.41, 5.74) is 5.74. The highest BCUT2D eigenvalue weighted by Gasteiger charge is 2.42. The predicted octanol–water partition coefficient (Wildman–Crippen LogP) is 7.45. The molecular weight excluding hydrogens is 336 g/mol. The van der Waals surface area contributed by atoms with E-state index in [1.807, 2.05) is 11.3 Å². The lowest BCUT2D eigenvalue weighted by Crippen LogP contribution is -2.25. The van der Waals surface area contributed by atoms with Gasteiger partial charge in [0.25, 0.3) is 0 Å². The fourth-order valence-electron chi connectivity index (χ4n) is 4.71. The Morgan fingerprint density at radius 2 is 1.54 bits per heavy atom. The molecule has 1 aliphatic rings. The van der Waals surface area contributed by atoms with Crippen molar-refractivity contribution in [2.24, 2.45) is 0 Å². The minimum Gasteiger partial charge on any atom is -0.392 e. The zero-order valence-electron chi connectivity index (χ0n) is 16.5. The highest BCUT2D eigenvalue weighted by atomic mass is 32.1. The second-order valence-corrected chi connectivity index (χ2v) is 8.82. The molecule has 1 N–H and O–H groups in total. The zero-order chi connectivity index (χ0) is 18.4. The number of hydrogen-bond donors (Lipinski definition) is 1. The van der Waals surface area contributed by atoms with Crippen LogP contribution < -0.4 is 0 Å². The van der Waals surface area contributed by atoms with Crippen molar-refractivity contribution in [2.75, 3.05) is 0 Å². The van der Waals surface area contributed by atoms with Gasteiger partial charge < -0.3 is 5.11 Å². The molecule has 0 radical (unpaired) electrons. The third-order valence-electron chi connectivity index (χ3n) is 6.12. The summed E-state index contributed by atoms with van der Waals surface area (Å²) in [5.74, 6) is 0. The lowest BCUT2D eigenvalue weighted by molar-refractivity contribution is 0.282. The fourth-order valence-corrected chi connectivity index (χ4v) is 5.73.